The Morgan fingerprint density at radius 3 is 2.71 bits per heavy atom. The first-order valence-corrected chi connectivity index (χ1v) is 11.0. The number of aryl methyl sites for hydroxylation is 1. The number of alkyl halides is 3. The number of hydrogen-bond acceptors (Lipinski definition) is 7. The molecule has 0 aliphatic rings. The van der Waals surface area contributed by atoms with Crippen LogP contribution in [0, 0.1) is 0 Å². The van der Waals surface area contributed by atoms with Gasteiger partial charge in [0.25, 0.3) is 5.89 Å². The van der Waals surface area contributed by atoms with Gasteiger partial charge in [-0.1, -0.05) is 17.3 Å². The van der Waals surface area contributed by atoms with Crippen molar-refractivity contribution in [1.29, 1.82) is 0 Å². The van der Waals surface area contributed by atoms with Gasteiger partial charge in [-0.25, -0.2) is 0 Å². The molecule has 0 spiro atoms. The van der Waals surface area contributed by atoms with Crippen LogP contribution in [0.1, 0.15) is 32.8 Å². The van der Waals surface area contributed by atoms with Gasteiger partial charge in [-0.2, -0.15) is 23.3 Å². The smallest absolute Gasteiger partial charge is 0.419 e. The van der Waals surface area contributed by atoms with E-state index in [-0.39, 0.29) is 35.4 Å². The Bertz CT molecular complexity index is 1340. The summed E-state index contributed by atoms with van der Waals surface area (Å²) in [7, 11) is 0. The Morgan fingerprint density at radius 2 is 2.00 bits per heavy atom. The molecular formula is C24H23F3N4O4. The number of aromatic nitrogens is 4. The minimum absolute atomic E-state index is 0.0618. The number of esters is 1. The van der Waals surface area contributed by atoms with E-state index in [1.807, 2.05) is 6.07 Å². The second-order valence-corrected chi connectivity index (χ2v) is 7.96. The zero-order chi connectivity index (χ0) is 25.2. The zero-order valence-corrected chi connectivity index (χ0v) is 19.3. The van der Waals surface area contributed by atoms with Gasteiger partial charge < -0.3 is 14.0 Å². The summed E-state index contributed by atoms with van der Waals surface area (Å²) in [6.45, 7) is 5.68. The minimum atomic E-state index is -4.62. The van der Waals surface area contributed by atoms with Gasteiger partial charge in [-0.15, -0.1) is 0 Å². The summed E-state index contributed by atoms with van der Waals surface area (Å²) in [6.07, 6.45) is -3.26. The van der Waals surface area contributed by atoms with Crippen LogP contribution in [-0.4, -0.2) is 38.6 Å². The molecule has 35 heavy (non-hydrogen) atoms. The second kappa shape index (κ2) is 9.77. The summed E-state index contributed by atoms with van der Waals surface area (Å²) in [6, 6.07) is 8.99. The molecule has 0 saturated carbocycles. The number of hydrogen-bond donors (Lipinski definition) is 0. The molecular weight excluding hydrogens is 465 g/mol. The molecule has 4 rings (SSSR count). The van der Waals surface area contributed by atoms with Crippen molar-refractivity contribution in [1.82, 2.24) is 19.9 Å². The van der Waals surface area contributed by atoms with Crippen molar-refractivity contribution in [3.8, 4) is 28.6 Å². The first-order chi connectivity index (χ1) is 16.7. The molecule has 0 amide bonds. The summed E-state index contributed by atoms with van der Waals surface area (Å²) >= 11 is 0. The Morgan fingerprint density at radius 1 is 1.20 bits per heavy atom. The van der Waals surface area contributed by atoms with Crippen molar-refractivity contribution < 1.29 is 32.0 Å². The quantitative estimate of drug-likeness (QED) is 0.302. The Balaban J connectivity index is 1.65. The van der Waals surface area contributed by atoms with E-state index in [0.29, 0.717) is 24.1 Å². The van der Waals surface area contributed by atoms with Gasteiger partial charge in [0.1, 0.15) is 5.75 Å². The number of nitrogens with zero attached hydrogens (tertiary/aromatic N) is 4. The van der Waals surface area contributed by atoms with E-state index in [2.05, 4.69) is 15.2 Å². The first kappa shape index (κ1) is 24.2. The van der Waals surface area contributed by atoms with E-state index in [1.165, 1.54) is 12.1 Å². The van der Waals surface area contributed by atoms with Crippen LogP contribution in [-0.2, 0) is 22.3 Å². The van der Waals surface area contributed by atoms with E-state index in [9.17, 15) is 18.0 Å². The van der Waals surface area contributed by atoms with E-state index in [4.69, 9.17) is 14.0 Å². The first-order valence-electron chi connectivity index (χ1n) is 11.0. The third-order valence-corrected chi connectivity index (χ3v) is 5.08. The minimum Gasteiger partial charge on any atom is -0.490 e. The number of rotatable bonds is 8. The summed E-state index contributed by atoms with van der Waals surface area (Å²) in [4.78, 5) is 16.0. The predicted molar refractivity (Wildman–Crippen MR) is 120 cm³/mol. The van der Waals surface area contributed by atoms with Crippen molar-refractivity contribution in [3.05, 3.63) is 48.2 Å². The number of halogens is 3. The predicted octanol–water partition coefficient (Wildman–Crippen LogP) is 5.51. The van der Waals surface area contributed by atoms with E-state index in [0.717, 1.165) is 11.6 Å². The van der Waals surface area contributed by atoms with Gasteiger partial charge >= 0.3 is 12.1 Å². The van der Waals surface area contributed by atoms with Crippen molar-refractivity contribution in [3.63, 3.8) is 0 Å². The molecule has 4 aromatic rings. The lowest BCUT2D eigenvalue weighted by molar-refractivity contribution is -0.143. The maximum Gasteiger partial charge on any atom is 0.419 e. The molecule has 11 heteroatoms. The van der Waals surface area contributed by atoms with Crippen molar-refractivity contribution in [2.75, 3.05) is 6.61 Å². The second-order valence-electron chi connectivity index (χ2n) is 7.96. The lowest BCUT2D eigenvalue weighted by Gasteiger charge is -2.16. The molecule has 0 fully saturated rings. The molecule has 0 aliphatic carbocycles. The summed E-state index contributed by atoms with van der Waals surface area (Å²) in [5.41, 5.74) is 0.529. The maximum atomic E-state index is 13.6. The zero-order valence-electron chi connectivity index (χ0n) is 19.3. The molecule has 2 heterocycles. The molecule has 0 saturated heterocycles. The van der Waals surface area contributed by atoms with Gasteiger partial charge in [-0.05, 0) is 45.0 Å². The molecule has 0 atom stereocenters. The molecule has 2 aromatic heterocycles. The van der Waals surface area contributed by atoms with Crippen LogP contribution in [0.2, 0.25) is 0 Å². The van der Waals surface area contributed by atoms with Gasteiger partial charge in [0.05, 0.1) is 43.0 Å². The normalized spacial score (nSPS) is 11.9. The molecule has 184 valence electrons. The van der Waals surface area contributed by atoms with Crippen LogP contribution in [0.4, 0.5) is 13.2 Å². The third-order valence-electron chi connectivity index (χ3n) is 5.08. The molecule has 0 bridgehead atoms. The fraction of sp³-hybridized carbons (Fsp3) is 0.333. The highest BCUT2D eigenvalue weighted by atomic mass is 19.4. The Kier molecular flexibility index (Phi) is 6.77. The van der Waals surface area contributed by atoms with E-state index >= 15 is 0 Å². The van der Waals surface area contributed by atoms with E-state index in [1.54, 1.807) is 43.8 Å². The fourth-order valence-electron chi connectivity index (χ4n) is 3.60. The molecule has 0 radical (unpaired) electrons. The maximum absolute atomic E-state index is 13.6. The van der Waals surface area contributed by atoms with Crippen LogP contribution in [0.15, 0.2) is 47.1 Å². The summed E-state index contributed by atoms with van der Waals surface area (Å²) in [5, 5.41) is 9.02. The fourth-order valence-corrected chi connectivity index (χ4v) is 3.60. The average Bonchev–Trinajstić information content (AvgIpc) is 3.44. The SMILES string of the molecule is CCOC(=O)CCn1ncc2c(-c3noc(-c4ccc(OC(C)C)c(C(F)(F)F)c4)n3)cccc21. The van der Waals surface area contributed by atoms with Gasteiger partial charge in [0.2, 0.25) is 5.82 Å². The summed E-state index contributed by atoms with van der Waals surface area (Å²) in [5.74, 6) is -0.450. The summed E-state index contributed by atoms with van der Waals surface area (Å²) < 4.78 is 58.1. The van der Waals surface area contributed by atoms with E-state index < -0.39 is 17.8 Å². The topological polar surface area (TPSA) is 92.3 Å². The number of ether oxygens (including phenoxy) is 2. The number of carbonyl (C=O) groups excluding carboxylic acids is 1. The average molecular weight is 488 g/mol. The largest absolute Gasteiger partial charge is 0.490 e. The van der Waals surface area contributed by atoms with Gasteiger partial charge in [0.15, 0.2) is 0 Å². The van der Waals surface area contributed by atoms with Crippen LogP contribution < -0.4 is 4.74 Å². The third kappa shape index (κ3) is 5.28. The van der Waals surface area contributed by atoms with Crippen LogP contribution in [0.3, 0.4) is 0 Å². The highest BCUT2D eigenvalue weighted by molar-refractivity contribution is 5.93. The molecule has 8 nitrogen and oxygen atoms in total. The van der Waals surface area contributed by atoms with Crippen molar-refractivity contribution >= 4 is 16.9 Å². The Hall–Kier alpha value is -3.89. The monoisotopic (exact) mass is 488 g/mol. The number of benzene rings is 2. The number of carbonyl (C=O) groups is 1. The van der Waals surface area contributed by atoms with Crippen molar-refractivity contribution in [2.24, 2.45) is 0 Å². The van der Waals surface area contributed by atoms with Gasteiger partial charge in [0, 0.05) is 16.5 Å². The lowest BCUT2D eigenvalue weighted by atomic mass is 10.1. The van der Waals surface area contributed by atoms with Crippen LogP contribution in [0.5, 0.6) is 5.75 Å². The van der Waals surface area contributed by atoms with Crippen LogP contribution >= 0.6 is 0 Å². The highest BCUT2D eigenvalue weighted by Gasteiger charge is 2.35. The Labute approximate surface area is 198 Å². The van der Waals surface area contributed by atoms with Crippen LogP contribution in [0.25, 0.3) is 33.7 Å². The standard InChI is InChI=1S/C24H23F3N4O4/c1-4-33-21(32)10-11-31-19-7-5-6-16(17(19)13-28-31)22-29-23(35-30-22)15-8-9-20(34-14(2)3)18(12-15)24(25,26)27/h5-9,12-14H,4,10-11H2,1-3H3. The lowest BCUT2D eigenvalue weighted by Crippen LogP contribution is -2.13. The highest BCUT2D eigenvalue weighted by Crippen LogP contribution is 2.39. The number of fused-ring (bicyclic) bond motifs is 1. The molecule has 2 aromatic carbocycles. The van der Waals surface area contributed by atoms with Crippen molar-refractivity contribution in [2.45, 2.75) is 46.0 Å². The molecule has 0 N–H and O–H groups in total. The van der Waals surface area contributed by atoms with Gasteiger partial charge in [-0.3, -0.25) is 9.48 Å². The molecule has 0 aliphatic heterocycles. The molecule has 0 unspecified atom stereocenters.